The van der Waals surface area contributed by atoms with Crippen LogP contribution in [0.1, 0.15) is 32.6 Å². The Kier molecular flexibility index (Phi) is 39.6. The number of hydrogen-bond acceptors (Lipinski definition) is 11. The topological polar surface area (TPSA) is 102 Å². The highest BCUT2D eigenvalue weighted by Crippen LogP contribution is 1.98. The fourth-order valence-electron chi connectivity index (χ4n) is 2.99. The summed E-state index contributed by atoms with van der Waals surface area (Å²) in [5.74, 6) is 0. The highest BCUT2D eigenvalue weighted by molar-refractivity contribution is 14.1. The van der Waals surface area contributed by atoms with E-state index in [9.17, 15) is 0 Å². The van der Waals surface area contributed by atoms with Gasteiger partial charge in [-0.3, -0.25) is 0 Å². The number of ether oxygens (including phenoxy) is 11. The minimum absolute atomic E-state index is 0.527. The molecule has 0 aromatic rings. The minimum Gasteiger partial charge on any atom is -0.379 e. The molecule has 0 unspecified atom stereocenters. The monoisotopic (exact) mass is 696 g/mol. The summed E-state index contributed by atoms with van der Waals surface area (Å²) >= 11 is 2.28. The molecule has 0 aliphatic rings. The van der Waals surface area contributed by atoms with Gasteiger partial charge in [-0.25, -0.2) is 0 Å². The maximum absolute atomic E-state index is 5.52. The van der Waals surface area contributed by atoms with Crippen molar-refractivity contribution in [3.05, 3.63) is 0 Å². The van der Waals surface area contributed by atoms with E-state index in [1.54, 1.807) is 0 Å². The average molecular weight is 697 g/mol. The summed E-state index contributed by atoms with van der Waals surface area (Å²) in [5.41, 5.74) is 0. The van der Waals surface area contributed by atoms with Gasteiger partial charge in [-0.05, 0) is 6.42 Å². The van der Waals surface area contributed by atoms with E-state index >= 15 is 0 Å². The van der Waals surface area contributed by atoms with Crippen LogP contribution in [0.4, 0.5) is 0 Å². The van der Waals surface area contributed by atoms with Crippen LogP contribution in [0.15, 0.2) is 0 Å². The highest BCUT2D eigenvalue weighted by Gasteiger charge is 1.96. The van der Waals surface area contributed by atoms with Crippen molar-refractivity contribution in [1.29, 1.82) is 0 Å². The second kappa shape index (κ2) is 39.3. The smallest absolute Gasteiger partial charge is 0.0701 e. The van der Waals surface area contributed by atoms with Crippen LogP contribution < -0.4 is 0 Å². The molecule has 0 aliphatic carbocycles. The van der Waals surface area contributed by atoms with Crippen LogP contribution in [0.5, 0.6) is 0 Å². The van der Waals surface area contributed by atoms with Crippen molar-refractivity contribution in [2.75, 3.05) is 150 Å². The third-order valence-electron chi connectivity index (χ3n) is 5.08. The number of halogens is 1. The molecular formula is C28H57IO11. The first-order valence-electron chi connectivity index (χ1n) is 14.8. The SMILES string of the molecule is CCCCCCOCCOCCOCCOCCOCCOCCOCCOCCOCCOCCOCCI. The lowest BCUT2D eigenvalue weighted by molar-refractivity contribution is -0.0273. The highest BCUT2D eigenvalue weighted by atomic mass is 127. The molecule has 0 radical (unpaired) electrons. The molecule has 12 heteroatoms. The second-order valence-electron chi connectivity index (χ2n) is 8.49. The van der Waals surface area contributed by atoms with Gasteiger partial charge in [0, 0.05) is 11.0 Å². The van der Waals surface area contributed by atoms with Gasteiger partial charge in [-0.1, -0.05) is 48.8 Å². The zero-order valence-corrected chi connectivity index (χ0v) is 27.1. The lowest BCUT2D eigenvalue weighted by Crippen LogP contribution is -2.15. The molecule has 40 heavy (non-hydrogen) atoms. The molecule has 0 aliphatic heterocycles. The zero-order chi connectivity index (χ0) is 28.9. The summed E-state index contributed by atoms with van der Waals surface area (Å²) in [6, 6.07) is 0. The molecule has 0 bridgehead atoms. The Morgan fingerprint density at radius 3 is 0.725 bits per heavy atom. The van der Waals surface area contributed by atoms with E-state index in [1.807, 2.05) is 0 Å². The number of unbranched alkanes of at least 4 members (excludes halogenated alkanes) is 3. The summed E-state index contributed by atoms with van der Waals surface area (Å²) in [5, 5.41) is 0. The minimum atomic E-state index is 0.527. The quantitative estimate of drug-likeness (QED) is 0.0544. The lowest BCUT2D eigenvalue weighted by atomic mass is 10.2. The Balaban J connectivity index is 3.01. The Morgan fingerprint density at radius 2 is 0.500 bits per heavy atom. The molecule has 0 saturated heterocycles. The Bertz CT molecular complexity index is 401. The van der Waals surface area contributed by atoms with Crippen molar-refractivity contribution in [2.45, 2.75) is 32.6 Å². The summed E-state index contributed by atoms with van der Waals surface area (Å²) < 4.78 is 61.0. The maximum atomic E-state index is 5.52. The molecule has 0 aromatic heterocycles. The molecule has 0 heterocycles. The first kappa shape index (κ1) is 40.3. The van der Waals surface area contributed by atoms with E-state index < -0.39 is 0 Å². The summed E-state index contributed by atoms with van der Waals surface area (Å²) in [6.07, 6.45) is 4.91. The summed E-state index contributed by atoms with van der Waals surface area (Å²) in [4.78, 5) is 0. The first-order chi connectivity index (χ1) is 19.9. The maximum Gasteiger partial charge on any atom is 0.0701 e. The molecular weight excluding hydrogens is 639 g/mol. The third-order valence-corrected chi connectivity index (χ3v) is 5.52. The van der Waals surface area contributed by atoms with Gasteiger partial charge in [0.1, 0.15) is 0 Å². The van der Waals surface area contributed by atoms with Crippen molar-refractivity contribution in [3.63, 3.8) is 0 Å². The van der Waals surface area contributed by atoms with E-state index in [4.69, 9.17) is 52.1 Å². The molecule has 0 amide bonds. The van der Waals surface area contributed by atoms with Crippen molar-refractivity contribution < 1.29 is 52.1 Å². The Morgan fingerprint density at radius 1 is 0.275 bits per heavy atom. The predicted octanol–water partition coefficient (Wildman–Crippen LogP) is 3.18. The van der Waals surface area contributed by atoms with Crippen LogP contribution in [-0.2, 0) is 52.1 Å². The van der Waals surface area contributed by atoms with Gasteiger partial charge in [0.15, 0.2) is 0 Å². The standard InChI is InChI=1S/C28H57IO11/c1-2-3-4-5-7-30-9-11-32-13-15-34-17-19-36-21-23-38-25-27-40-28-26-39-24-22-37-20-18-35-16-14-33-12-10-31-8-6-29/h2-28H2,1H3. The van der Waals surface area contributed by atoms with Crippen LogP contribution in [0.25, 0.3) is 0 Å². The summed E-state index contributed by atoms with van der Waals surface area (Å²) in [6.45, 7) is 15.0. The van der Waals surface area contributed by atoms with Crippen LogP contribution in [0.2, 0.25) is 0 Å². The van der Waals surface area contributed by atoms with Gasteiger partial charge in [-0.2, -0.15) is 0 Å². The van der Waals surface area contributed by atoms with Gasteiger partial charge in [0.25, 0.3) is 0 Å². The second-order valence-corrected chi connectivity index (χ2v) is 9.56. The van der Waals surface area contributed by atoms with E-state index in [2.05, 4.69) is 29.5 Å². The van der Waals surface area contributed by atoms with Crippen LogP contribution in [0, 0.1) is 0 Å². The van der Waals surface area contributed by atoms with Crippen molar-refractivity contribution >= 4 is 22.6 Å². The normalized spacial score (nSPS) is 11.6. The van der Waals surface area contributed by atoms with E-state index in [1.165, 1.54) is 19.3 Å². The van der Waals surface area contributed by atoms with Gasteiger partial charge in [-0.15, -0.1) is 0 Å². The summed E-state index contributed by atoms with van der Waals surface area (Å²) in [7, 11) is 0. The van der Waals surface area contributed by atoms with Gasteiger partial charge in [0.2, 0.25) is 0 Å². The van der Waals surface area contributed by atoms with Crippen LogP contribution in [-0.4, -0.2) is 150 Å². The fraction of sp³-hybridized carbons (Fsp3) is 1.00. The van der Waals surface area contributed by atoms with Gasteiger partial charge >= 0.3 is 0 Å². The van der Waals surface area contributed by atoms with Gasteiger partial charge < -0.3 is 52.1 Å². The average Bonchev–Trinajstić information content (AvgIpc) is 2.97. The molecule has 0 aromatic carbocycles. The number of rotatable bonds is 37. The zero-order valence-electron chi connectivity index (χ0n) is 25.0. The number of alkyl halides is 1. The predicted molar refractivity (Wildman–Crippen MR) is 162 cm³/mol. The van der Waals surface area contributed by atoms with E-state index in [-0.39, 0.29) is 0 Å². The molecule has 0 spiro atoms. The fourth-order valence-corrected chi connectivity index (χ4v) is 3.30. The largest absolute Gasteiger partial charge is 0.379 e. The molecule has 0 rings (SSSR count). The molecule has 242 valence electrons. The molecule has 0 N–H and O–H groups in total. The van der Waals surface area contributed by atoms with E-state index in [0.717, 1.165) is 24.1 Å². The Labute approximate surface area is 256 Å². The lowest BCUT2D eigenvalue weighted by Gasteiger charge is -2.09. The Hall–Kier alpha value is 0.290. The third kappa shape index (κ3) is 38.3. The van der Waals surface area contributed by atoms with Crippen molar-refractivity contribution in [1.82, 2.24) is 0 Å². The van der Waals surface area contributed by atoms with E-state index in [0.29, 0.717) is 132 Å². The van der Waals surface area contributed by atoms with Crippen molar-refractivity contribution in [3.8, 4) is 0 Å². The number of hydrogen-bond donors (Lipinski definition) is 0. The van der Waals surface area contributed by atoms with Crippen LogP contribution in [0.3, 0.4) is 0 Å². The van der Waals surface area contributed by atoms with Crippen LogP contribution >= 0.6 is 22.6 Å². The molecule has 11 nitrogen and oxygen atoms in total. The molecule has 0 saturated carbocycles. The van der Waals surface area contributed by atoms with Crippen molar-refractivity contribution in [2.24, 2.45) is 0 Å². The molecule has 0 fully saturated rings. The molecule has 0 atom stereocenters. The first-order valence-corrected chi connectivity index (χ1v) is 16.4. The van der Waals surface area contributed by atoms with Gasteiger partial charge in [0.05, 0.1) is 139 Å².